The Morgan fingerprint density at radius 1 is 1.61 bits per heavy atom. The van der Waals surface area contributed by atoms with Crippen LogP contribution in [0.15, 0.2) is 21.1 Å². The minimum absolute atomic E-state index is 0.250. The molecule has 0 radical (unpaired) electrons. The molecule has 0 aliphatic heterocycles. The molecule has 0 unspecified atom stereocenters. The standard InChI is InChI=1S/C12H20BrN3OS/c1-12(2,11(14)16-17)5-3-6-15-8-10-9(13)4-7-18-10/h4,7,15,17H,3,5-6,8H2,1-2H3,(H2,14,16). The van der Waals surface area contributed by atoms with Crippen molar-refractivity contribution >= 4 is 33.1 Å². The summed E-state index contributed by atoms with van der Waals surface area (Å²) in [5.41, 5.74) is 5.39. The van der Waals surface area contributed by atoms with Gasteiger partial charge in [-0.3, -0.25) is 0 Å². The summed E-state index contributed by atoms with van der Waals surface area (Å²) in [5.74, 6) is 0.295. The van der Waals surface area contributed by atoms with Crippen molar-refractivity contribution in [2.24, 2.45) is 16.3 Å². The summed E-state index contributed by atoms with van der Waals surface area (Å²) >= 11 is 5.25. The zero-order chi connectivity index (χ0) is 13.6. The number of amidine groups is 1. The fourth-order valence-corrected chi connectivity index (χ4v) is 3.03. The van der Waals surface area contributed by atoms with E-state index in [0.29, 0.717) is 5.84 Å². The van der Waals surface area contributed by atoms with Crippen molar-refractivity contribution in [2.45, 2.75) is 33.2 Å². The maximum Gasteiger partial charge on any atom is 0.144 e. The van der Waals surface area contributed by atoms with Crippen LogP contribution >= 0.6 is 27.3 Å². The Kier molecular flexibility index (Phi) is 6.11. The highest BCUT2D eigenvalue weighted by atomic mass is 79.9. The molecule has 0 atom stereocenters. The fourth-order valence-electron chi connectivity index (χ4n) is 1.57. The summed E-state index contributed by atoms with van der Waals surface area (Å²) in [6.45, 7) is 5.77. The van der Waals surface area contributed by atoms with Gasteiger partial charge in [-0.2, -0.15) is 0 Å². The van der Waals surface area contributed by atoms with Crippen molar-refractivity contribution < 1.29 is 5.21 Å². The van der Waals surface area contributed by atoms with E-state index < -0.39 is 0 Å². The molecule has 0 bridgehead atoms. The summed E-state index contributed by atoms with van der Waals surface area (Å²) in [6.07, 6.45) is 1.88. The van der Waals surface area contributed by atoms with Crippen molar-refractivity contribution in [3.05, 3.63) is 20.8 Å². The van der Waals surface area contributed by atoms with E-state index >= 15 is 0 Å². The van der Waals surface area contributed by atoms with E-state index in [2.05, 4.69) is 37.8 Å². The lowest BCUT2D eigenvalue weighted by atomic mass is 9.86. The van der Waals surface area contributed by atoms with Crippen LogP contribution in [-0.2, 0) is 6.54 Å². The van der Waals surface area contributed by atoms with Gasteiger partial charge >= 0.3 is 0 Å². The van der Waals surface area contributed by atoms with Gasteiger partial charge in [0.15, 0.2) is 0 Å². The van der Waals surface area contributed by atoms with E-state index in [0.717, 1.165) is 30.4 Å². The van der Waals surface area contributed by atoms with Crippen molar-refractivity contribution in [2.75, 3.05) is 6.54 Å². The SMILES string of the molecule is CC(C)(CCCNCc1sccc1Br)C(N)=NO. The topological polar surface area (TPSA) is 70.6 Å². The molecule has 18 heavy (non-hydrogen) atoms. The first kappa shape index (κ1) is 15.5. The van der Waals surface area contributed by atoms with E-state index in [-0.39, 0.29) is 5.41 Å². The molecular weight excluding hydrogens is 314 g/mol. The third-order valence-electron chi connectivity index (χ3n) is 2.93. The Bertz CT molecular complexity index is 404. The van der Waals surface area contributed by atoms with Gasteiger partial charge in [-0.1, -0.05) is 19.0 Å². The lowest BCUT2D eigenvalue weighted by molar-refractivity contribution is 0.304. The number of hydrogen-bond acceptors (Lipinski definition) is 4. The van der Waals surface area contributed by atoms with E-state index in [4.69, 9.17) is 10.9 Å². The van der Waals surface area contributed by atoms with Crippen LogP contribution in [0, 0.1) is 5.41 Å². The van der Waals surface area contributed by atoms with Crippen LogP contribution in [-0.4, -0.2) is 17.6 Å². The van der Waals surface area contributed by atoms with Gasteiger partial charge in [0.05, 0.1) is 0 Å². The maximum atomic E-state index is 8.67. The molecule has 1 heterocycles. The van der Waals surface area contributed by atoms with Gasteiger partial charge in [-0.25, -0.2) is 0 Å². The highest BCUT2D eigenvalue weighted by molar-refractivity contribution is 9.10. The predicted molar refractivity (Wildman–Crippen MR) is 80.1 cm³/mol. The lowest BCUT2D eigenvalue weighted by Crippen LogP contribution is -2.32. The normalized spacial score (nSPS) is 12.9. The number of hydrogen-bond donors (Lipinski definition) is 3. The Morgan fingerprint density at radius 3 is 2.89 bits per heavy atom. The molecule has 1 aromatic heterocycles. The fraction of sp³-hybridized carbons (Fsp3) is 0.583. The van der Waals surface area contributed by atoms with Crippen LogP contribution in [0.3, 0.4) is 0 Å². The van der Waals surface area contributed by atoms with Crippen molar-refractivity contribution in [3.63, 3.8) is 0 Å². The van der Waals surface area contributed by atoms with E-state index in [1.165, 1.54) is 4.88 Å². The molecule has 102 valence electrons. The van der Waals surface area contributed by atoms with Crippen LogP contribution < -0.4 is 11.1 Å². The molecule has 4 N–H and O–H groups in total. The Labute approximate surface area is 120 Å². The minimum atomic E-state index is -0.250. The molecular formula is C12H20BrN3OS. The maximum absolute atomic E-state index is 8.67. The average Bonchev–Trinajstić information content (AvgIpc) is 2.73. The van der Waals surface area contributed by atoms with Gasteiger partial charge < -0.3 is 16.3 Å². The molecule has 1 rings (SSSR count). The zero-order valence-electron chi connectivity index (χ0n) is 10.7. The molecule has 0 amide bonds. The molecule has 6 heteroatoms. The largest absolute Gasteiger partial charge is 0.409 e. The van der Waals surface area contributed by atoms with Crippen molar-refractivity contribution in [1.29, 1.82) is 0 Å². The first-order valence-corrected chi connectivity index (χ1v) is 7.55. The Hall–Kier alpha value is -0.590. The average molecular weight is 334 g/mol. The van der Waals surface area contributed by atoms with Gasteiger partial charge in [0.25, 0.3) is 0 Å². The molecule has 0 fully saturated rings. The van der Waals surface area contributed by atoms with Crippen LogP contribution in [0.5, 0.6) is 0 Å². The van der Waals surface area contributed by atoms with Gasteiger partial charge in [-0.05, 0) is 46.8 Å². The second kappa shape index (κ2) is 7.11. The highest BCUT2D eigenvalue weighted by Crippen LogP contribution is 2.23. The van der Waals surface area contributed by atoms with E-state index in [9.17, 15) is 0 Å². The predicted octanol–water partition coefficient (Wildman–Crippen LogP) is 3.15. The first-order valence-electron chi connectivity index (χ1n) is 5.88. The third kappa shape index (κ3) is 4.59. The van der Waals surface area contributed by atoms with Gasteiger partial charge in [0, 0.05) is 21.3 Å². The number of oxime groups is 1. The number of nitrogens with zero attached hydrogens (tertiary/aromatic N) is 1. The number of nitrogens with two attached hydrogens (primary N) is 1. The third-order valence-corrected chi connectivity index (χ3v) is 4.86. The Morgan fingerprint density at radius 2 is 2.33 bits per heavy atom. The molecule has 1 aromatic rings. The van der Waals surface area contributed by atoms with Crippen LogP contribution in [0.2, 0.25) is 0 Å². The molecule has 0 aliphatic rings. The first-order chi connectivity index (χ1) is 8.47. The molecule has 0 spiro atoms. The number of thiophene rings is 1. The molecule has 0 aliphatic carbocycles. The lowest BCUT2D eigenvalue weighted by Gasteiger charge is -2.22. The molecule has 0 aromatic carbocycles. The van der Waals surface area contributed by atoms with E-state index in [1.807, 2.05) is 13.8 Å². The zero-order valence-corrected chi connectivity index (χ0v) is 13.1. The summed E-state index contributed by atoms with van der Waals surface area (Å²) < 4.78 is 1.16. The summed E-state index contributed by atoms with van der Waals surface area (Å²) in [6, 6.07) is 2.06. The van der Waals surface area contributed by atoms with Gasteiger partial charge in [-0.15, -0.1) is 11.3 Å². The number of rotatable bonds is 7. The molecule has 4 nitrogen and oxygen atoms in total. The van der Waals surface area contributed by atoms with Gasteiger partial charge in [0.1, 0.15) is 5.84 Å². The monoisotopic (exact) mass is 333 g/mol. The quantitative estimate of drug-likeness (QED) is 0.236. The van der Waals surface area contributed by atoms with Crippen LogP contribution in [0.1, 0.15) is 31.6 Å². The minimum Gasteiger partial charge on any atom is -0.409 e. The molecule has 0 saturated carbocycles. The summed E-state index contributed by atoms with van der Waals surface area (Å²) in [7, 11) is 0. The second-order valence-electron chi connectivity index (χ2n) is 4.84. The van der Waals surface area contributed by atoms with Crippen LogP contribution in [0.4, 0.5) is 0 Å². The highest BCUT2D eigenvalue weighted by Gasteiger charge is 2.22. The Balaban J connectivity index is 2.22. The smallest absolute Gasteiger partial charge is 0.144 e. The molecule has 0 saturated heterocycles. The summed E-state index contributed by atoms with van der Waals surface area (Å²) in [5, 5.41) is 17.2. The van der Waals surface area contributed by atoms with Crippen molar-refractivity contribution in [3.8, 4) is 0 Å². The van der Waals surface area contributed by atoms with E-state index in [1.54, 1.807) is 11.3 Å². The second-order valence-corrected chi connectivity index (χ2v) is 6.70. The summed E-state index contributed by atoms with van der Waals surface area (Å²) in [4.78, 5) is 1.31. The van der Waals surface area contributed by atoms with Crippen LogP contribution in [0.25, 0.3) is 0 Å². The van der Waals surface area contributed by atoms with Crippen molar-refractivity contribution in [1.82, 2.24) is 5.32 Å². The number of halogens is 1. The number of nitrogens with one attached hydrogen (secondary N) is 1. The van der Waals surface area contributed by atoms with Gasteiger partial charge in [0.2, 0.25) is 0 Å².